The molecule has 0 bridgehead atoms. The third-order valence-corrected chi connectivity index (χ3v) is 4.57. The van der Waals surface area contributed by atoms with Crippen LogP contribution in [0.4, 0.5) is 5.69 Å². The lowest BCUT2D eigenvalue weighted by atomic mass is 9.92. The second-order valence-electron chi connectivity index (χ2n) is 6.45. The van der Waals surface area contributed by atoms with E-state index in [0.717, 1.165) is 11.3 Å². The van der Waals surface area contributed by atoms with Gasteiger partial charge in [-0.1, -0.05) is 30.3 Å². The lowest BCUT2D eigenvalue weighted by molar-refractivity contribution is -0.166. The van der Waals surface area contributed by atoms with Gasteiger partial charge < -0.3 is 14.6 Å². The van der Waals surface area contributed by atoms with Crippen LogP contribution in [0.2, 0.25) is 0 Å². The normalized spacial score (nSPS) is 19.1. The van der Waals surface area contributed by atoms with Crippen molar-refractivity contribution in [1.82, 2.24) is 9.55 Å². The third kappa shape index (κ3) is 3.55. The number of carbonyl (C=O) groups is 3. The smallest absolute Gasteiger partial charge is 0.326 e. The number of ketones is 1. The highest BCUT2D eigenvalue weighted by Crippen LogP contribution is 2.30. The number of amides is 1. The summed E-state index contributed by atoms with van der Waals surface area (Å²) in [6.45, 7) is 0. The highest BCUT2D eigenvalue weighted by molar-refractivity contribution is 6.21. The van der Waals surface area contributed by atoms with Gasteiger partial charge in [-0.3, -0.25) is 14.4 Å². The van der Waals surface area contributed by atoms with E-state index in [9.17, 15) is 14.4 Å². The standard InChI is InChI=1S/C21H17N3O4/c25-17-12-18(14-4-2-1-3-5-14)28-21(27)19(17)20(26)23-15-6-8-16(9-7-15)24-11-10-22-13-24/h1-11,13,18-19H,12H2,(H,23,26). The zero-order valence-corrected chi connectivity index (χ0v) is 14.8. The van der Waals surface area contributed by atoms with Gasteiger partial charge in [0.25, 0.3) is 0 Å². The van der Waals surface area contributed by atoms with Crippen molar-refractivity contribution in [2.75, 3.05) is 5.32 Å². The summed E-state index contributed by atoms with van der Waals surface area (Å²) >= 11 is 0. The molecule has 28 heavy (non-hydrogen) atoms. The molecule has 0 saturated carbocycles. The van der Waals surface area contributed by atoms with Crippen LogP contribution in [0.25, 0.3) is 5.69 Å². The number of esters is 1. The van der Waals surface area contributed by atoms with Crippen molar-refractivity contribution < 1.29 is 19.1 Å². The van der Waals surface area contributed by atoms with Gasteiger partial charge in [0.2, 0.25) is 5.91 Å². The van der Waals surface area contributed by atoms with E-state index in [0.29, 0.717) is 5.69 Å². The predicted molar refractivity (Wildman–Crippen MR) is 101 cm³/mol. The first kappa shape index (κ1) is 17.7. The van der Waals surface area contributed by atoms with Gasteiger partial charge in [-0.2, -0.15) is 0 Å². The average Bonchev–Trinajstić information content (AvgIpc) is 3.23. The Morgan fingerprint density at radius 2 is 1.82 bits per heavy atom. The summed E-state index contributed by atoms with van der Waals surface area (Å²) in [5, 5.41) is 2.61. The highest BCUT2D eigenvalue weighted by atomic mass is 16.5. The van der Waals surface area contributed by atoms with Crippen molar-refractivity contribution in [3.63, 3.8) is 0 Å². The summed E-state index contributed by atoms with van der Waals surface area (Å²) in [7, 11) is 0. The molecule has 2 unspecified atom stereocenters. The largest absolute Gasteiger partial charge is 0.456 e. The number of hydrogen-bond acceptors (Lipinski definition) is 5. The molecule has 0 radical (unpaired) electrons. The number of nitrogens with zero attached hydrogens (tertiary/aromatic N) is 2. The van der Waals surface area contributed by atoms with E-state index >= 15 is 0 Å². The molecule has 1 aliphatic rings. The molecule has 1 aromatic heterocycles. The van der Waals surface area contributed by atoms with Gasteiger partial charge in [-0.05, 0) is 29.8 Å². The van der Waals surface area contributed by atoms with Gasteiger partial charge in [0.05, 0.1) is 6.33 Å². The van der Waals surface area contributed by atoms with Crippen molar-refractivity contribution >= 4 is 23.3 Å². The number of nitrogens with one attached hydrogen (secondary N) is 1. The van der Waals surface area contributed by atoms with Crippen LogP contribution in [0.3, 0.4) is 0 Å². The number of carbonyl (C=O) groups excluding carboxylic acids is 3. The van der Waals surface area contributed by atoms with E-state index < -0.39 is 29.7 Å². The molecule has 0 aliphatic carbocycles. The number of aromatic nitrogens is 2. The van der Waals surface area contributed by atoms with Crippen molar-refractivity contribution in [2.45, 2.75) is 12.5 Å². The molecule has 7 heteroatoms. The number of imidazole rings is 1. The first-order chi connectivity index (χ1) is 13.6. The average molecular weight is 375 g/mol. The van der Waals surface area contributed by atoms with E-state index in [-0.39, 0.29) is 6.42 Å². The van der Waals surface area contributed by atoms with Gasteiger partial charge in [-0.25, -0.2) is 4.98 Å². The van der Waals surface area contributed by atoms with Crippen molar-refractivity contribution in [1.29, 1.82) is 0 Å². The Morgan fingerprint density at radius 3 is 2.46 bits per heavy atom. The number of hydrogen-bond donors (Lipinski definition) is 1. The molecular weight excluding hydrogens is 358 g/mol. The fraction of sp³-hybridized carbons (Fsp3) is 0.143. The highest BCUT2D eigenvalue weighted by Gasteiger charge is 2.42. The van der Waals surface area contributed by atoms with Crippen molar-refractivity contribution in [2.24, 2.45) is 5.92 Å². The van der Waals surface area contributed by atoms with Crippen LogP contribution in [0.15, 0.2) is 73.3 Å². The Morgan fingerprint density at radius 1 is 1.07 bits per heavy atom. The number of Topliss-reactive ketones (excluding diaryl/α,β-unsaturated/α-hetero) is 1. The third-order valence-electron chi connectivity index (χ3n) is 4.57. The quantitative estimate of drug-likeness (QED) is 0.559. The Balaban J connectivity index is 1.43. The number of anilines is 1. The monoisotopic (exact) mass is 375 g/mol. The van der Waals surface area contributed by atoms with Crippen LogP contribution in [0, 0.1) is 5.92 Å². The number of cyclic esters (lactones) is 1. The summed E-state index contributed by atoms with van der Waals surface area (Å²) in [5.41, 5.74) is 2.09. The van der Waals surface area contributed by atoms with E-state index in [1.165, 1.54) is 0 Å². The second kappa shape index (κ2) is 7.48. The molecule has 4 rings (SSSR count). The Labute approximate surface area is 161 Å². The molecule has 1 N–H and O–H groups in total. The first-order valence-corrected chi connectivity index (χ1v) is 8.79. The van der Waals surface area contributed by atoms with Gasteiger partial charge in [0.15, 0.2) is 11.7 Å². The molecule has 2 heterocycles. The number of benzene rings is 2. The summed E-state index contributed by atoms with van der Waals surface area (Å²) in [6.07, 6.45) is 4.45. The van der Waals surface area contributed by atoms with Crippen LogP contribution in [-0.4, -0.2) is 27.2 Å². The van der Waals surface area contributed by atoms with Crippen LogP contribution < -0.4 is 5.32 Å². The van der Waals surface area contributed by atoms with Gasteiger partial charge in [-0.15, -0.1) is 0 Å². The summed E-state index contributed by atoms with van der Waals surface area (Å²) in [5.74, 6) is -3.40. The summed E-state index contributed by atoms with van der Waals surface area (Å²) < 4.78 is 7.17. The fourth-order valence-corrected chi connectivity index (χ4v) is 3.13. The van der Waals surface area contributed by atoms with E-state index in [2.05, 4.69) is 10.3 Å². The van der Waals surface area contributed by atoms with E-state index in [1.54, 1.807) is 67.3 Å². The molecule has 1 amide bonds. The van der Waals surface area contributed by atoms with Crippen LogP contribution in [0.1, 0.15) is 18.1 Å². The summed E-state index contributed by atoms with van der Waals surface area (Å²) in [6, 6.07) is 16.0. The maximum absolute atomic E-state index is 12.5. The van der Waals surface area contributed by atoms with Crippen LogP contribution in [-0.2, 0) is 19.1 Å². The predicted octanol–water partition coefficient (Wildman–Crippen LogP) is 2.68. The van der Waals surface area contributed by atoms with Crippen molar-refractivity contribution in [3.8, 4) is 5.69 Å². The Hall–Kier alpha value is -3.74. The molecule has 1 aliphatic heterocycles. The number of rotatable bonds is 4. The minimum atomic E-state index is -1.45. The minimum Gasteiger partial charge on any atom is -0.456 e. The lowest BCUT2D eigenvalue weighted by Crippen LogP contribution is -2.42. The maximum atomic E-state index is 12.5. The molecule has 3 aromatic rings. The SMILES string of the molecule is O=C1CC(c2ccccc2)OC(=O)C1C(=O)Nc1ccc(-n2ccnc2)cc1. The minimum absolute atomic E-state index is 0.0204. The molecule has 140 valence electrons. The molecule has 1 fully saturated rings. The summed E-state index contributed by atoms with van der Waals surface area (Å²) in [4.78, 5) is 41.2. The Bertz CT molecular complexity index is 980. The molecule has 7 nitrogen and oxygen atoms in total. The molecular formula is C21H17N3O4. The van der Waals surface area contributed by atoms with E-state index in [1.807, 2.05) is 10.6 Å². The van der Waals surface area contributed by atoms with Gasteiger partial charge in [0, 0.05) is 30.2 Å². The molecule has 2 atom stereocenters. The molecule has 2 aromatic carbocycles. The first-order valence-electron chi connectivity index (χ1n) is 8.79. The van der Waals surface area contributed by atoms with Crippen molar-refractivity contribution in [3.05, 3.63) is 78.9 Å². The molecule has 1 saturated heterocycles. The molecule has 0 spiro atoms. The fourth-order valence-electron chi connectivity index (χ4n) is 3.13. The van der Waals surface area contributed by atoms with Crippen LogP contribution >= 0.6 is 0 Å². The topological polar surface area (TPSA) is 90.3 Å². The van der Waals surface area contributed by atoms with Crippen LogP contribution in [0.5, 0.6) is 0 Å². The second-order valence-corrected chi connectivity index (χ2v) is 6.45. The lowest BCUT2D eigenvalue weighted by Gasteiger charge is -2.26. The van der Waals surface area contributed by atoms with E-state index in [4.69, 9.17) is 4.74 Å². The van der Waals surface area contributed by atoms with Gasteiger partial charge >= 0.3 is 5.97 Å². The maximum Gasteiger partial charge on any atom is 0.326 e. The van der Waals surface area contributed by atoms with Gasteiger partial charge in [0.1, 0.15) is 6.10 Å². The zero-order valence-electron chi connectivity index (χ0n) is 14.8. The zero-order chi connectivity index (χ0) is 19.5. The Kier molecular flexibility index (Phi) is 4.72. The number of ether oxygens (including phenoxy) is 1.